The molecule has 130 valence electrons. The molecule has 0 aliphatic heterocycles. The van der Waals surface area contributed by atoms with E-state index in [0.29, 0.717) is 0 Å². The molecule has 0 atom stereocenters. The largest absolute Gasteiger partial charge is 0.343 e. The van der Waals surface area contributed by atoms with Crippen LogP contribution in [-0.2, 0) is 16.1 Å². The van der Waals surface area contributed by atoms with Crippen molar-refractivity contribution in [2.24, 2.45) is 0 Å². The highest BCUT2D eigenvalue weighted by Crippen LogP contribution is 2.05. The first-order chi connectivity index (χ1) is 12.0. The number of amides is 3. The van der Waals surface area contributed by atoms with Gasteiger partial charge >= 0.3 is 0 Å². The number of hydrogen-bond acceptors (Lipinski definition) is 4. The van der Waals surface area contributed by atoms with Gasteiger partial charge < -0.3 is 9.88 Å². The molecule has 8 nitrogen and oxygen atoms in total. The highest BCUT2D eigenvalue weighted by Gasteiger charge is 2.12. The van der Waals surface area contributed by atoms with Gasteiger partial charge in [-0.15, -0.1) is 0 Å². The van der Waals surface area contributed by atoms with E-state index in [4.69, 9.17) is 0 Å². The molecule has 25 heavy (non-hydrogen) atoms. The van der Waals surface area contributed by atoms with Crippen molar-refractivity contribution in [2.45, 2.75) is 6.54 Å². The van der Waals surface area contributed by atoms with Crippen LogP contribution < -0.4 is 21.7 Å². The lowest BCUT2D eigenvalue weighted by Gasteiger charge is -2.09. The van der Waals surface area contributed by atoms with E-state index in [1.54, 1.807) is 6.07 Å². The standard InChI is InChI=1S/C16H15FN4O4/c17-12-6-2-1-5-11(12)16(25)18-9-13(22)19-20-14(23)10-21-8-4-3-7-15(21)24/h1-8H,9-10H2,(H,18,25)(H,19,22)(H,20,23). The van der Waals surface area contributed by atoms with Crippen LogP contribution in [0.15, 0.2) is 53.5 Å². The van der Waals surface area contributed by atoms with Gasteiger partial charge in [-0.2, -0.15) is 0 Å². The SMILES string of the molecule is O=C(CNC(=O)c1ccccc1F)NNC(=O)Cn1ccccc1=O. The number of carbonyl (C=O) groups is 3. The molecule has 0 aliphatic rings. The van der Waals surface area contributed by atoms with Crippen LogP contribution in [0.3, 0.4) is 0 Å². The Kier molecular flexibility index (Phi) is 5.99. The Morgan fingerprint density at radius 1 is 0.960 bits per heavy atom. The van der Waals surface area contributed by atoms with E-state index in [0.717, 1.165) is 10.6 Å². The zero-order valence-electron chi connectivity index (χ0n) is 13.0. The Morgan fingerprint density at radius 2 is 1.64 bits per heavy atom. The van der Waals surface area contributed by atoms with Gasteiger partial charge in [-0.05, 0) is 18.2 Å². The molecule has 0 unspecified atom stereocenters. The third-order valence-corrected chi connectivity index (χ3v) is 3.08. The van der Waals surface area contributed by atoms with Gasteiger partial charge in [0, 0.05) is 12.3 Å². The molecule has 2 aromatic rings. The number of aromatic nitrogens is 1. The van der Waals surface area contributed by atoms with Gasteiger partial charge in [0.1, 0.15) is 12.4 Å². The number of nitrogens with one attached hydrogen (secondary N) is 3. The lowest BCUT2D eigenvalue weighted by atomic mass is 10.2. The molecular formula is C16H15FN4O4. The first-order valence-electron chi connectivity index (χ1n) is 7.23. The van der Waals surface area contributed by atoms with Crippen molar-refractivity contribution >= 4 is 17.7 Å². The summed E-state index contributed by atoms with van der Waals surface area (Å²) in [4.78, 5) is 46.4. The number of carbonyl (C=O) groups excluding carboxylic acids is 3. The van der Waals surface area contributed by atoms with Crippen LogP contribution in [0.2, 0.25) is 0 Å². The van der Waals surface area contributed by atoms with Crippen LogP contribution >= 0.6 is 0 Å². The van der Waals surface area contributed by atoms with Gasteiger partial charge in [-0.3, -0.25) is 30.0 Å². The van der Waals surface area contributed by atoms with Crippen molar-refractivity contribution in [1.82, 2.24) is 20.7 Å². The molecule has 0 fully saturated rings. The predicted molar refractivity (Wildman–Crippen MR) is 85.7 cm³/mol. The lowest BCUT2D eigenvalue weighted by molar-refractivity contribution is -0.128. The third-order valence-electron chi connectivity index (χ3n) is 3.08. The van der Waals surface area contributed by atoms with Crippen molar-refractivity contribution in [1.29, 1.82) is 0 Å². The molecule has 1 heterocycles. The minimum atomic E-state index is -0.754. The second-order valence-electron chi connectivity index (χ2n) is 4.93. The van der Waals surface area contributed by atoms with E-state index in [1.807, 2.05) is 0 Å². The van der Waals surface area contributed by atoms with E-state index in [1.165, 1.54) is 36.5 Å². The van der Waals surface area contributed by atoms with Crippen molar-refractivity contribution in [3.05, 3.63) is 70.4 Å². The molecule has 9 heteroatoms. The predicted octanol–water partition coefficient (Wildman–Crippen LogP) is -0.435. The highest BCUT2D eigenvalue weighted by atomic mass is 19.1. The van der Waals surface area contributed by atoms with E-state index in [9.17, 15) is 23.6 Å². The minimum Gasteiger partial charge on any atom is -0.343 e. The van der Waals surface area contributed by atoms with Gasteiger partial charge in [0.2, 0.25) is 0 Å². The van der Waals surface area contributed by atoms with Gasteiger partial charge in [-0.25, -0.2) is 4.39 Å². The number of nitrogens with zero attached hydrogens (tertiary/aromatic N) is 1. The summed E-state index contributed by atoms with van der Waals surface area (Å²) in [6.45, 7) is -0.736. The highest BCUT2D eigenvalue weighted by molar-refractivity contribution is 5.96. The van der Waals surface area contributed by atoms with Crippen LogP contribution in [0.1, 0.15) is 10.4 Å². The Balaban J connectivity index is 1.76. The quantitative estimate of drug-likeness (QED) is 0.638. The fourth-order valence-electron chi connectivity index (χ4n) is 1.87. The maximum Gasteiger partial charge on any atom is 0.258 e. The summed E-state index contributed by atoms with van der Waals surface area (Å²) in [6.07, 6.45) is 1.43. The third kappa shape index (κ3) is 5.27. The summed E-state index contributed by atoms with van der Waals surface area (Å²) in [6, 6.07) is 9.76. The number of hydrogen-bond donors (Lipinski definition) is 3. The monoisotopic (exact) mass is 346 g/mol. The molecule has 3 N–H and O–H groups in total. The van der Waals surface area contributed by atoms with Crippen LogP contribution in [-0.4, -0.2) is 28.8 Å². The Hall–Kier alpha value is -3.49. The smallest absolute Gasteiger partial charge is 0.258 e. The first kappa shape index (κ1) is 17.9. The zero-order chi connectivity index (χ0) is 18.2. The topological polar surface area (TPSA) is 109 Å². The maximum atomic E-state index is 13.4. The molecule has 3 amide bonds. The van der Waals surface area contributed by atoms with Gasteiger partial charge in [0.05, 0.1) is 12.1 Å². The molecule has 0 saturated heterocycles. The Bertz CT molecular complexity index is 850. The van der Waals surface area contributed by atoms with Crippen molar-refractivity contribution in [3.63, 3.8) is 0 Å². The summed E-state index contributed by atoms with van der Waals surface area (Å²) in [7, 11) is 0. The van der Waals surface area contributed by atoms with Crippen LogP contribution in [0.4, 0.5) is 4.39 Å². The van der Waals surface area contributed by atoms with Crippen molar-refractivity contribution in [2.75, 3.05) is 6.54 Å². The van der Waals surface area contributed by atoms with E-state index in [2.05, 4.69) is 16.2 Å². The molecule has 1 aromatic carbocycles. The average Bonchev–Trinajstić information content (AvgIpc) is 2.60. The molecule has 1 aromatic heterocycles. The second kappa shape index (κ2) is 8.39. The molecule has 0 radical (unpaired) electrons. The Labute approximate surface area is 141 Å². The van der Waals surface area contributed by atoms with Crippen LogP contribution in [0.5, 0.6) is 0 Å². The zero-order valence-corrected chi connectivity index (χ0v) is 13.0. The molecule has 2 rings (SSSR count). The molecule has 0 saturated carbocycles. The molecule has 0 aliphatic carbocycles. The molecule has 0 spiro atoms. The number of pyridine rings is 1. The summed E-state index contributed by atoms with van der Waals surface area (Å²) in [5.74, 6) is -2.79. The van der Waals surface area contributed by atoms with Crippen molar-refractivity contribution in [3.8, 4) is 0 Å². The number of benzene rings is 1. The fraction of sp³-hybridized carbons (Fsp3) is 0.125. The number of halogens is 1. The summed E-state index contributed by atoms with van der Waals surface area (Å²) < 4.78 is 14.6. The van der Waals surface area contributed by atoms with E-state index in [-0.39, 0.29) is 17.7 Å². The first-order valence-corrected chi connectivity index (χ1v) is 7.23. The normalized spacial score (nSPS) is 9.96. The van der Waals surface area contributed by atoms with E-state index < -0.39 is 30.1 Å². The lowest BCUT2D eigenvalue weighted by Crippen LogP contribution is -2.47. The summed E-state index contributed by atoms with van der Waals surface area (Å²) in [5, 5.41) is 2.22. The van der Waals surface area contributed by atoms with Crippen LogP contribution in [0, 0.1) is 5.82 Å². The van der Waals surface area contributed by atoms with Gasteiger partial charge in [0.25, 0.3) is 23.3 Å². The Morgan fingerprint density at radius 3 is 2.36 bits per heavy atom. The van der Waals surface area contributed by atoms with Crippen LogP contribution in [0.25, 0.3) is 0 Å². The minimum absolute atomic E-state index is 0.192. The number of rotatable bonds is 5. The van der Waals surface area contributed by atoms with Crippen molar-refractivity contribution < 1.29 is 18.8 Å². The second-order valence-corrected chi connectivity index (χ2v) is 4.93. The summed E-state index contributed by atoms with van der Waals surface area (Å²) in [5.41, 5.74) is 3.64. The van der Waals surface area contributed by atoms with Gasteiger partial charge in [0.15, 0.2) is 0 Å². The van der Waals surface area contributed by atoms with E-state index >= 15 is 0 Å². The summed E-state index contributed by atoms with van der Waals surface area (Å²) >= 11 is 0. The molecule has 0 bridgehead atoms. The maximum absolute atomic E-state index is 13.4. The fourth-order valence-corrected chi connectivity index (χ4v) is 1.87. The van der Waals surface area contributed by atoms with Gasteiger partial charge in [-0.1, -0.05) is 18.2 Å². The average molecular weight is 346 g/mol. The number of hydrazine groups is 1. The molecular weight excluding hydrogens is 331 g/mol.